The van der Waals surface area contributed by atoms with E-state index in [2.05, 4.69) is 0 Å². The molecule has 120 valence electrons. The molecule has 1 unspecified atom stereocenters. The van der Waals surface area contributed by atoms with Gasteiger partial charge in [0, 0.05) is 19.0 Å². The van der Waals surface area contributed by atoms with Gasteiger partial charge in [-0.1, -0.05) is 45.4 Å². The molecule has 1 aliphatic heterocycles. The highest BCUT2D eigenvalue weighted by molar-refractivity contribution is 5.82. The summed E-state index contributed by atoms with van der Waals surface area (Å²) >= 11 is 0. The van der Waals surface area contributed by atoms with Crippen LogP contribution in [0.3, 0.4) is 0 Å². The predicted octanol–water partition coefficient (Wildman–Crippen LogP) is 3.45. The Morgan fingerprint density at radius 2 is 1.76 bits per heavy atom. The van der Waals surface area contributed by atoms with Gasteiger partial charge in [-0.25, -0.2) is 0 Å². The summed E-state index contributed by atoms with van der Waals surface area (Å²) in [6.45, 7) is 3.07. The first-order chi connectivity index (χ1) is 10.1. The van der Waals surface area contributed by atoms with Gasteiger partial charge >= 0.3 is 5.97 Å². The molecule has 0 aromatic rings. The standard InChI is InChI=1S/C17H29NO3/c1-2-10-17(16(20)21)11-12-18(13-17)15(19)14-8-6-4-3-5-7-9-14/h14H,2-13H2,1H3,(H,20,21). The lowest BCUT2D eigenvalue weighted by atomic mass is 9.82. The molecule has 0 bridgehead atoms. The summed E-state index contributed by atoms with van der Waals surface area (Å²) in [5.74, 6) is -0.370. The smallest absolute Gasteiger partial charge is 0.311 e. The second-order valence-corrected chi connectivity index (χ2v) is 6.89. The van der Waals surface area contributed by atoms with Crippen molar-refractivity contribution in [1.29, 1.82) is 0 Å². The number of nitrogens with zero attached hydrogens (tertiary/aromatic N) is 1. The molecule has 4 heteroatoms. The molecule has 4 nitrogen and oxygen atoms in total. The molecular formula is C17H29NO3. The number of likely N-dealkylation sites (tertiary alicyclic amines) is 1. The number of hydrogen-bond acceptors (Lipinski definition) is 2. The highest BCUT2D eigenvalue weighted by Crippen LogP contribution is 2.37. The third-order valence-electron chi connectivity index (χ3n) is 5.30. The first-order valence-corrected chi connectivity index (χ1v) is 8.61. The zero-order valence-corrected chi connectivity index (χ0v) is 13.3. The van der Waals surface area contributed by atoms with Crippen molar-refractivity contribution in [3.05, 3.63) is 0 Å². The van der Waals surface area contributed by atoms with Crippen molar-refractivity contribution < 1.29 is 14.7 Å². The molecule has 1 saturated carbocycles. The lowest BCUT2D eigenvalue weighted by Crippen LogP contribution is -2.39. The minimum absolute atomic E-state index is 0.136. The Morgan fingerprint density at radius 3 is 2.33 bits per heavy atom. The molecule has 0 radical (unpaired) electrons. The maximum absolute atomic E-state index is 12.7. The number of hydrogen-bond donors (Lipinski definition) is 1. The van der Waals surface area contributed by atoms with E-state index in [9.17, 15) is 14.7 Å². The zero-order chi connectivity index (χ0) is 15.3. The van der Waals surface area contributed by atoms with E-state index >= 15 is 0 Å². The van der Waals surface area contributed by atoms with Crippen molar-refractivity contribution in [3.63, 3.8) is 0 Å². The quantitative estimate of drug-likeness (QED) is 0.864. The zero-order valence-electron chi connectivity index (χ0n) is 13.3. The minimum Gasteiger partial charge on any atom is -0.481 e. The highest BCUT2D eigenvalue weighted by atomic mass is 16.4. The predicted molar refractivity (Wildman–Crippen MR) is 82.0 cm³/mol. The number of carbonyl (C=O) groups is 2. The Morgan fingerprint density at radius 1 is 1.14 bits per heavy atom. The fraction of sp³-hybridized carbons (Fsp3) is 0.882. The largest absolute Gasteiger partial charge is 0.481 e. The van der Waals surface area contributed by atoms with Crippen LogP contribution in [-0.4, -0.2) is 35.0 Å². The Hall–Kier alpha value is -1.06. The molecule has 2 fully saturated rings. The van der Waals surface area contributed by atoms with Gasteiger partial charge in [-0.05, 0) is 25.7 Å². The summed E-state index contributed by atoms with van der Waals surface area (Å²) in [5, 5.41) is 9.55. The second-order valence-electron chi connectivity index (χ2n) is 6.89. The van der Waals surface area contributed by atoms with E-state index in [4.69, 9.17) is 0 Å². The lowest BCUT2D eigenvalue weighted by molar-refractivity contribution is -0.149. The Balaban J connectivity index is 1.98. The van der Waals surface area contributed by atoms with Crippen molar-refractivity contribution in [3.8, 4) is 0 Å². The maximum atomic E-state index is 12.7. The van der Waals surface area contributed by atoms with Gasteiger partial charge in [-0.3, -0.25) is 9.59 Å². The summed E-state index contributed by atoms with van der Waals surface area (Å²) in [6.07, 6.45) is 10.2. The van der Waals surface area contributed by atoms with E-state index in [-0.39, 0.29) is 11.8 Å². The monoisotopic (exact) mass is 295 g/mol. The second kappa shape index (κ2) is 7.28. The number of amides is 1. The van der Waals surface area contributed by atoms with Gasteiger partial charge in [0.2, 0.25) is 5.91 Å². The molecular weight excluding hydrogens is 266 g/mol. The first-order valence-electron chi connectivity index (χ1n) is 8.61. The van der Waals surface area contributed by atoms with Crippen LogP contribution in [0, 0.1) is 11.3 Å². The van der Waals surface area contributed by atoms with Crippen LogP contribution in [0.2, 0.25) is 0 Å². The van der Waals surface area contributed by atoms with Gasteiger partial charge in [-0.2, -0.15) is 0 Å². The topological polar surface area (TPSA) is 57.6 Å². The van der Waals surface area contributed by atoms with Crippen LogP contribution in [0.4, 0.5) is 0 Å². The van der Waals surface area contributed by atoms with Gasteiger partial charge in [-0.15, -0.1) is 0 Å². The fourth-order valence-corrected chi connectivity index (χ4v) is 3.99. The summed E-state index contributed by atoms with van der Waals surface area (Å²) < 4.78 is 0. The lowest BCUT2D eigenvalue weighted by Gasteiger charge is -2.27. The normalized spacial score (nSPS) is 28.1. The Labute approximate surface area is 127 Å². The van der Waals surface area contributed by atoms with Gasteiger partial charge in [0.05, 0.1) is 5.41 Å². The summed E-state index contributed by atoms with van der Waals surface area (Å²) in [7, 11) is 0. The van der Waals surface area contributed by atoms with Crippen LogP contribution in [0.1, 0.15) is 71.1 Å². The van der Waals surface area contributed by atoms with E-state index in [1.807, 2.05) is 11.8 Å². The summed E-state index contributed by atoms with van der Waals surface area (Å²) in [4.78, 5) is 26.2. The molecule has 1 saturated heterocycles. The van der Waals surface area contributed by atoms with E-state index < -0.39 is 11.4 Å². The van der Waals surface area contributed by atoms with E-state index in [0.717, 1.165) is 32.1 Å². The molecule has 1 amide bonds. The van der Waals surface area contributed by atoms with Gasteiger partial charge in [0.25, 0.3) is 0 Å². The van der Waals surface area contributed by atoms with Crippen LogP contribution >= 0.6 is 0 Å². The van der Waals surface area contributed by atoms with Crippen LogP contribution in [0.15, 0.2) is 0 Å². The maximum Gasteiger partial charge on any atom is 0.311 e. The summed E-state index contributed by atoms with van der Waals surface area (Å²) in [5.41, 5.74) is -0.688. The van der Waals surface area contributed by atoms with Crippen molar-refractivity contribution in [1.82, 2.24) is 4.90 Å². The highest BCUT2D eigenvalue weighted by Gasteiger charge is 2.46. The molecule has 0 aromatic heterocycles. The van der Waals surface area contributed by atoms with Crippen molar-refractivity contribution >= 4 is 11.9 Å². The number of rotatable bonds is 4. The number of carbonyl (C=O) groups excluding carboxylic acids is 1. The van der Waals surface area contributed by atoms with Gasteiger partial charge in [0.1, 0.15) is 0 Å². The van der Waals surface area contributed by atoms with Crippen LogP contribution in [0.25, 0.3) is 0 Å². The molecule has 1 aliphatic carbocycles. The van der Waals surface area contributed by atoms with Crippen molar-refractivity contribution in [2.45, 2.75) is 71.1 Å². The van der Waals surface area contributed by atoms with Crippen molar-refractivity contribution in [2.75, 3.05) is 13.1 Å². The molecule has 0 aromatic carbocycles. The third-order valence-corrected chi connectivity index (χ3v) is 5.30. The van der Waals surface area contributed by atoms with Gasteiger partial charge in [0.15, 0.2) is 0 Å². The summed E-state index contributed by atoms with van der Waals surface area (Å²) in [6, 6.07) is 0. The molecule has 0 spiro atoms. The Kier molecular flexibility index (Phi) is 5.65. The first kappa shape index (κ1) is 16.3. The molecule has 1 heterocycles. The van der Waals surface area contributed by atoms with Crippen molar-refractivity contribution in [2.24, 2.45) is 11.3 Å². The van der Waals surface area contributed by atoms with E-state index in [1.165, 1.54) is 19.3 Å². The van der Waals surface area contributed by atoms with Gasteiger partial charge < -0.3 is 10.0 Å². The fourth-order valence-electron chi connectivity index (χ4n) is 3.99. The van der Waals surface area contributed by atoms with Crippen LogP contribution in [0.5, 0.6) is 0 Å². The average Bonchev–Trinajstić information content (AvgIpc) is 2.84. The van der Waals surface area contributed by atoms with E-state index in [0.29, 0.717) is 25.9 Å². The van der Waals surface area contributed by atoms with Crippen LogP contribution < -0.4 is 0 Å². The molecule has 2 rings (SSSR count). The average molecular weight is 295 g/mol. The number of carboxylic acids is 1. The number of aliphatic carboxylic acids is 1. The molecule has 21 heavy (non-hydrogen) atoms. The molecule has 2 aliphatic rings. The van der Waals surface area contributed by atoms with E-state index in [1.54, 1.807) is 0 Å². The minimum atomic E-state index is -0.725. The third kappa shape index (κ3) is 3.78. The molecule has 1 atom stereocenters. The molecule has 1 N–H and O–H groups in total. The number of carboxylic acid groups (broad SMARTS) is 1. The SMILES string of the molecule is CCCC1(C(=O)O)CCN(C(=O)C2CCCCCCC2)C1. The van der Waals surface area contributed by atoms with Crippen LogP contribution in [-0.2, 0) is 9.59 Å². The Bertz CT molecular complexity index is 374.